The zero-order valence-corrected chi connectivity index (χ0v) is 19.5. The lowest BCUT2D eigenvalue weighted by atomic mass is 9.85. The SMILES string of the molecule is CC(C)(C)OO[C@]12C=CC(=O)C[C@H]1N(C(=O)OC(C)(C)C)[C@@H](C(=O)OC(C)(C)C)C2. The third-order valence-corrected chi connectivity index (χ3v) is 4.42. The van der Waals surface area contributed by atoms with Crippen LogP contribution in [-0.2, 0) is 28.8 Å². The number of ether oxygens (including phenoxy) is 2. The van der Waals surface area contributed by atoms with E-state index >= 15 is 0 Å². The molecule has 1 fully saturated rings. The van der Waals surface area contributed by atoms with Crippen LogP contribution in [0, 0.1) is 0 Å². The lowest BCUT2D eigenvalue weighted by Crippen LogP contribution is -2.53. The molecule has 8 heteroatoms. The molecule has 30 heavy (non-hydrogen) atoms. The number of allylic oxidation sites excluding steroid dienone is 1. The molecule has 0 saturated carbocycles. The van der Waals surface area contributed by atoms with Crippen LogP contribution in [0.25, 0.3) is 0 Å². The Morgan fingerprint density at radius 1 is 0.967 bits per heavy atom. The van der Waals surface area contributed by atoms with Crippen LogP contribution in [0.5, 0.6) is 0 Å². The highest BCUT2D eigenvalue weighted by Crippen LogP contribution is 2.44. The van der Waals surface area contributed by atoms with Gasteiger partial charge in [0, 0.05) is 12.8 Å². The maximum absolute atomic E-state index is 13.1. The van der Waals surface area contributed by atoms with Gasteiger partial charge in [0.05, 0.1) is 11.6 Å². The Morgan fingerprint density at radius 3 is 2.03 bits per heavy atom. The predicted molar refractivity (Wildman–Crippen MR) is 110 cm³/mol. The summed E-state index contributed by atoms with van der Waals surface area (Å²) in [6, 6.07) is -1.74. The van der Waals surface area contributed by atoms with Crippen molar-refractivity contribution in [1.29, 1.82) is 0 Å². The molecule has 3 atom stereocenters. The van der Waals surface area contributed by atoms with Gasteiger partial charge in [0.2, 0.25) is 0 Å². The Balaban J connectivity index is 2.47. The molecule has 0 N–H and O–H groups in total. The van der Waals surface area contributed by atoms with Gasteiger partial charge >= 0.3 is 12.1 Å². The van der Waals surface area contributed by atoms with E-state index in [1.54, 1.807) is 47.6 Å². The first kappa shape index (κ1) is 24.3. The first-order valence-corrected chi connectivity index (χ1v) is 10.3. The number of carbonyl (C=O) groups is 3. The molecular formula is C22H35NO7. The first-order chi connectivity index (χ1) is 13.4. The van der Waals surface area contributed by atoms with Crippen molar-refractivity contribution in [2.45, 2.75) is 110 Å². The summed E-state index contributed by atoms with van der Waals surface area (Å²) in [5.41, 5.74) is -3.32. The number of fused-ring (bicyclic) bond motifs is 1. The van der Waals surface area contributed by atoms with Gasteiger partial charge in [-0.2, -0.15) is 0 Å². The number of hydrogen-bond donors (Lipinski definition) is 0. The van der Waals surface area contributed by atoms with Crippen LogP contribution in [0.3, 0.4) is 0 Å². The molecule has 1 saturated heterocycles. The number of ketones is 1. The van der Waals surface area contributed by atoms with Gasteiger partial charge < -0.3 is 9.47 Å². The average molecular weight is 426 g/mol. The summed E-state index contributed by atoms with van der Waals surface area (Å²) in [6.07, 6.45) is 2.37. The van der Waals surface area contributed by atoms with Crippen LogP contribution in [0.15, 0.2) is 12.2 Å². The monoisotopic (exact) mass is 425 g/mol. The van der Waals surface area contributed by atoms with E-state index in [0.29, 0.717) is 0 Å². The van der Waals surface area contributed by atoms with Crippen LogP contribution in [0.4, 0.5) is 4.79 Å². The fourth-order valence-corrected chi connectivity index (χ4v) is 3.39. The lowest BCUT2D eigenvalue weighted by Gasteiger charge is -2.38. The van der Waals surface area contributed by atoms with Crippen molar-refractivity contribution in [2.75, 3.05) is 0 Å². The molecule has 1 aliphatic carbocycles. The van der Waals surface area contributed by atoms with E-state index in [1.165, 1.54) is 11.0 Å². The van der Waals surface area contributed by atoms with Gasteiger partial charge in [0.1, 0.15) is 22.8 Å². The minimum absolute atomic E-state index is 0.0114. The molecule has 0 aromatic rings. The van der Waals surface area contributed by atoms with E-state index in [-0.39, 0.29) is 18.6 Å². The lowest BCUT2D eigenvalue weighted by molar-refractivity contribution is -0.396. The van der Waals surface area contributed by atoms with Gasteiger partial charge in [-0.1, -0.05) is 0 Å². The van der Waals surface area contributed by atoms with Gasteiger partial charge in [-0.3, -0.25) is 9.69 Å². The highest BCUT2D eigenvalue weighted by molar-refractivity contribution is 5.93. The largest absolute Gasteiger partial charge is 0.458 e. The Labute approximate surface area is 178 Å². The normalized spacial score (nSPS) is 27.1. The molecule has 0 bridgehead atoms. The third-order valence-electron chi connectivity index (χ3n) is 4.42. The molecule has 2 aliphatic rings. The van der Waals surface area contributed by atoms with Crippen molar-refractivity contribution in [3.63, 3.8) is 0 Å². The molecule has 0 unspecified atom stereocenters. The number of amides is 1. The number of nitrogens with zero attached hydrogens (tertiary/aromatic N) is 1. The van der Waals surface area contributed by atoms with Crippen molar-refractivity contribution in [1.82, 2.24) is 4.90 Å². The highest BCUT2D eigenvalue weighted by atomic mass is 17.2. The minimum atomic E-state index is -1.17. The summed E-state index contributed by atoms with van der Waals surface area (Å²) in [5, 5.41) is 0. The zero-order chi connectivity index (χ0) is 23.1. The van der Waals surface area contributed by atoms with E-state index in [1.807, 2.05) is 20.8 Å². The zero-order valence-electron chi connectivity index (χ0n) is 19.5. The summed E-state index contributed by atoms with van der Waals surface area (Å²) >= 11 is 0. The summed E-state index contributed by atoms with van der Waals surface area (Å²) in [6.45, 7) is 15.9. The van der Waals surface area contributed by atoms with Crippen molar-refractivity contribution in [3.8, 4) is 0 Å². The van der Waals surface area contributed by atoms with E-state index in [0.717, 1.165) is 0 Å². The smallest absolute Gasteiger partial charge is 0.411 e. The summed E-state index contributed by atoms with van der Waals surface area (Å²) in [4.78, 5) is 51.1. The van der Waals surface area contributed by atoms with Gasteiger partial charge in [0.25, 0.3) is 0 Å². The molecule has 170 valence electrons. The van der Waals surface area contributed by atoms with E-state index in [9.17, 15) is 14.4 Å². The van der Waals surface area contributed by atoms with E-state index in [4.69, 9.17) is 19.2 Å². The number of esters is 1. The van der Waals surface area contributed by atoms with Crippen LogP contribution in [0.2, 0.25) is 0 Å². The fraction of sp³-hybridized carbons (Fsp3) is 0.773. The Hall–Kier alpha value is -1.93. The summed E-state index contributed by atoms with van der Waals surface area (Å²) in [7, 11) is 0. The second kappa shape index (κ2) is 7.96. The number of likely N-dealkylation sites (tertiary alicyclic amines) is 1. The maximum atomic E-state index is 13.1. The van der Waals surface area contributed by atoms with Crippen molar-refractivity contribution < 1.29 is 33.6 Å². The van der Waals surface area contributed by atoms with E-state index < -0.39 is 46.6 Å². The molecule has 1 amide bonds. The molecule has 0 aromatic heterocycles. The fourth-order valence-electron chi connectivity index (χ4n) is 3.39. The van der Waals surface area contributed by atoms with Crippen LogP contribution in [-0.4, -0.2) is 57.2 Å². The Morgan fingerprint density at radius 2 is 1.53 bits per heavy atom. The summed E-state index contributed by atoms with van der Waals surface area (Å²) < 4.78 is 11.1. The van der Waals surface area contributed by atoms with Gasteiger partial charge in [-0.15, -0.1) is 0 Å². The number of hydrogen-bond acceptors (Lipinski definition) is 7. The molecule has 0 aromatic carbocycles. The van der Waals surface area contributed by atoms with Gasteiger partial charge in [-0.05, 0) is 74.5 Å². The standard InChI is InChI=1S/C22H35NO7/c1-19(2,3)27-17(25)15-13-22(30-29-21(7,8)9)11-10-14(24)12-16(22)23(15)18(26)28-20(4,5)6/h10-11,15-16H,12-13H2,1-9H3/t15-,16-,22+/m1/s1. The van der Waals surface area contributed by atoms with Gasteiger partial charge in [0.15, 0.2) is 5.78 Å². The minimum Gasteiger partial charge on any atom is -0.458 e. The first-order valence-electron chi connectivity index (χ1n) is 10.3. The quantitative estimate of drug-likeness (QED) is 0.387. The van der Waals surface area contributed by atoms with Crippen molar-refractivity contribution in [2.24, 2.45) is 0 Å². The molecule has 1 aliphatic heterocycles. The van der Waals surface area contributed by atoms with Crippen molar-refractivity contribution in [3.05, 3.63) is 12.2 Å². The molecule has 8 nitrogen and oxygen atoms in total. The average Bonchev–Trinajstić information content (AvgIpc) is 2.84. The van der Waals surface area contributed by atoms with Gasteiger partial charge in [-0.25, -0.2) is 19.4 Å². The van der Waals surface area contributed by atoms with Crippen LogP contribution in [0.1, 0.15) is 75.2 Å². The Kier molecular flexibility index (Phi) is 6.46. The van der Waals surface area contributed by atoms with Crippen LogP contribution < -0.4 is 0 Å². The van der Waals surface area contributed by atoms with Crippen LogP contribution >= 0.6 is 0 Å². The molecule has 1 heterocycles. The number of rotatable bonds is 3. The Bertz CT molecular complexity index is 723. The molecular weight excluding hydrogens is 390 g/mol. The number of carbonyl (C=O) groups excluding carboxylic acids is 3. The second-order valence-corrected chi connectivity index (χ2v) is 10.9. The second-order valence-electron chi connectivity index (χ2n) is 10.9. The molecule has 2 rings (SSSR count). The van der Waals surface area contributed by atoms with Crippen molar-refractivity contribution >= 4 is 17.8 Å². The molecule has 0 spiro atoms. The predicted octanol–water partition coefficient (Wildman–Crippen LogP) is 3.72. The highest BCUT2D eigenvalue weighted by Gasteiger charge is 2.60. The van der Waals surface area contributed by atoms with E-state index in [2.05, 4.69) is 0 Å². The topological polar surface area (TPSA) is 91.4 Å². The maximum Gasteiger partial charge on any atom is 0.411 e. The molecule has 0 radical (unpaired) electrons. The third kappa shape index (κ3) is 6.04. The summed E-state index contributed by atoms with van der Waals surface area (Å²) in [5.74, 6) is -0.754.